The molecule has 5 nitrogen and oxygen atoms in total. The number of hydrogen-bond donors (Lipinski definition) is 1. The summed E-state index contributed by atoms with van der Waals surface area (Å²) in [5.74, 6) is -0.907. The van der Waals surface area contributed by atoms with E-state index in [1.54, 1.807) is 26.8 Å². The quantitative estimate of drug-likeness (QED) is 0.892. The van der Waals surface area contributed by atoms with E-state index in [9.17, 15) is 14.7 Å². The van der Waals surface area contributed by atoms with Crippen LogP contribution in [-0.2, 0) is 16.0 Å². The van der Waals surface area contributed by atoms with Crippen molar-refractivity contribution in [3.05, 3.63) is 34.9 Å². The predicted molar refractivity (Wildman–Crippen MR) is 92.3 cm³/mol. The highest BCUT2D eigenvalue weighted by Crippen LogP contribution is 2.36. The Bertz CT molecular complexity index is 626. The Morgan fingerprint density at radius 1 is 1.33 bits per heavy atom. The Morgan fingerprint density at radius 2 is 2.00 bits per heavy atom. The van der Waals surface area contributed by atoms with Gasteiger partial charge in [0, 0.05) is 18.1 Å². The van der Waals surface area contributed by atoms with E-state index < -0.39 is 23.1 Å². The first-order valence-corrected chi connectivity index (χ1v) is 8.45. The Balaban J connectivity index is 2.21. The van der Waals surface area contributed by atoms with Crippen molar-refractivity contribution in [2.45, 2.75) is 45.6 Å². The maximum Gasteiger partial charge on any atom is 0.410 e. The summed E-state index contributed by atoms with van der Waals surface area (Å²) in [6.45, 7) is 6.02. The van der Waals surface area contributed by atoms with Gasteiger partial charge in [-0.15, -0.1) is 0 Å². The third-order valence-electron chi connectivity index (χ3n) is 4.17. The number of carbonyl (C=O) groups excluding carboxylic acids is 1. The number of ether oxygens (including phenoxy) is 1. The summed E-state index contributed by atoms with van der Waals surface area (Å²) in [6.07, 6.45) is 0.955. The zero-order valence-corrected chi connectivity index (χ0v) is 15.1. The van der Waals surface area contributed by atoms with Crippen LogP contribution in [0, 0.1) is 5.41 Å². The van der Waals surface area contributed by atoms with Gasteiger partial charge in [-0.05, 0) is 51.7 Å². The minimum Gasteiger partial charge on any atom is -0.481 e. The zero-order chi connectivity index (χ0) is 18.0. The standard InChI is InChI=1S/C18H24ClNO4/c1-17(2,3)24-16(23)20-10-6-9-18(12-20,15(21)22)11-13-7-4-5-8-14(13)19/h4-5,7-8H,6,9-12H2,1-3H3,(H,21,22)/t18-/m0/s1. The van der Waals surface area contributed by atoms with Crippen LogP contribution in [0.5, 0.6) is 0 Å². The summed E-state index contributed by atoms with van der Waals surface area (Å²) in [5, 5.41) is 10.4. The number of benzene rings is 1. The lowest BCUT2D eigenvalue weighted by atomic mass is 9.75. The smallest absolute Gasteiger partial charge is 0.410 e. The number of carboxylic acids is 1. The van der Waals surface area contributed by atoms with Crippen LogP contribution in [0.25, 0.3) is 0 Å². The summed E-state index contributed by atoms with van der Waals surface area (Å²) in [5.41, 5.74) is -0.865. The molecular formula is C18H24ClNO4. The summed E-state index contributed by atoms with van der Waals surface area (Å²) < 4.78 is 5.39. The van der Waals surface area contributed by atoms with Gasteiger partial charge < -0.3 is 14.7 Å². The maximum absolute atomic E-state index is 12.3. The minimum absolute atomic E-state index is 0.127. The topological polar surface area (TPSA) is 66.8 Å². The summed E-state index contributed by atoms with van der Waals surface area (Å²) >= 11 is 6.20. The van der Waals surface area contributed by atoms with Crippen LogP contribution in [-0.4, -0.2) is 40.8 Å². The molecule has 0 spiro atoms. The molecule has 0 saturated carbocycles. The van der Waals surface area contributed by atoms with Gasteiger partial charge in [0.05, 0.1) is 5.41 Å². The maximum atomic E-state index is 12.3. The second kappa shape index (κ2) is 7.01. The van der Waals surface area contributed by atoms with Gasteiger partial charge in [0.15, 0.2) is 0 Å². The average molecular weight is 354 g/mol. The fourth-order valence-corrected chi connectivity index (χ4v) is 3.22. The van der Waals surface area contributed by atoms with Crippen LogP contribution in [0.3, 0.4) is 0 Å². The largest absolute Gasteiger partial charge is 0.481 e. The number of carboxylic acid groups (broad SMARTS) is 1. The van der Waals surface area contributed by atoms with Crippen molar-refractivity contribution in [3.63, 3.8) is 0 Å². The van der Waals surface area contributed by atoms with Crippen molar-refractivity contribution < 1.29 is 19.4 Å². The third-order valence-corrected chi connectivity index (χ3v) is 4.54. The number of aliphatic carboxylic acids is 1. The van der Waals surface area contributed by atoms with Gasteiger partial charge in [0.2, 0.25) is 0 Å². The minimum atomic E-state index is -1.04. The Morgan fingerprint density at radius 3 is 2.58 bits per heavy atom. The van der Waals surface area contributed by atoms with Crippen LogP contribution in [0.15, 0.2) is 24.3 Å². The molecule has 1 saturated heterocycles. The number of hydrogen-bond acceptors (Lipinski definition) is 3. The molecule has 1 aliphatic rings. The molecule has 0 radical (unpaired) electrons. The van der Waals surface area contributed by atoms with Gasteiger partial charge in [0.1, 0.15) is 5.60 Å². The van der Waals surface area contributed by atoms with Crippen molar-refractivity contribution in [3.8, 4) is 0 Å². The molecule has 1 atom stereocenters. The van der Waals surface area contributed by atoms with Gasteiger partial charge in [-0.2, -0.15) is 0 Å². The number of amides is 1. The normalized spacial score (nSPS) is 21.4. The Kier molecular flexibility index (Phi) is 5.43. The van der Waals surface area contributed by atoms with Gasteiger partial charge in [-0.3, -0.25) is 4.79 Å². The number of likely N-dealkylation sites (tertiary alicyclic amines) is 1. The number of nitrogens with zero attached hydrogens (tertiary/aromatic N) is 1. The lowest BCUT2D eigenvalue weighted by Gasteiger charge is -2.40. The molecule has 1 aromatic carbocycles. The fraction of sp³-hybridized carbons (Fsp3) is 0.556. The molecule has 2 rings (SSSR count). The summed E-state index contributed by atoms with van der Waals surface area (Å²) in [6, 6.07) is 7.23. The van der Waals surface area contributed by atoms with E-state index in [-0.39, 0.29) is 6.54 Å². The first kappa shape index (κ1) is 18.6. The lowest BCUT2D eigenvalue weighted by molar-refractivity contribution is -0.152. The molecule has 1 heterocycles. The lowest BCUT2D eigenvalue weighted by Crippen LogP contribution is -2.52. The van der Waals surface area contributed by atoms with Gasteiger partial charge >= 0.3 is 12.1 Å². The van der Waals surface area contributed by atoms with Crippen molar-refractivity contribution in [1.82, 2.24) is 4.90 Å². The molecule has 0 bridgehead atoms. The van der Waals surface area contributed by atoms with E-state index in [4.69, 9.17) is 16.3 Å². The second-order valence-corrected chi connectivity index (χ2v) is 7.77. The van der Waals surface area contributed by atoms with E-state index in [0.717, 1.165) is 5.56 Å². The van der Waals surface area contributed by atoms with Crippen molar-refractivity contribution in [2.75, 3.05) is 13.1 Å². The van der Waals surface area contributed by atoms with Gasteiger partial charge in [-0.25, -0.2) is 4.79 Å². The van der Waals surface area contributed by atoms with E-state index in [1.807, 2.05) is 18.2 Å². The number of piperidine rings is 1. The highest BCUT2D eigenvalue weighted by molar-refractivity contribution is 6.31. The monoisotopic (exact) mass is 353 g/mol. The summed E-state index contributed by atoms with van der Waals surface area (Å²) in [4.78, 5) is 25.9. The molecule has 24 heavy (non-hydrogen) atoms. The number of halogens is 1. The number of rotatable bonds is 3. The summed E-state index contributed by atoms with van der Waals surface area (Å²) in [7, 11) is 0. The molecule has 1 amide bonds. The van der Waals surface area contributed by atoms with Crippen LogP contribution in [0.1, 0.15) is 39.2 Å². The molecule has 1 aromatic rings. The molecule has 1 N–H and O–H groups in total. The average Bonchev–Trinajstić information content (AvgIpc) is 2.48. The van der Waals surface area contributed by atoms with Gasteiger partial charge in [0.25, 0.3) is 0 Å². The van der Waals surface area contributed by atoms with Crippen molar-refractivity contribution in [1.29, 1.82) is 0 Å². The predicted octanol–water partition coefficient (Wildman–Crippen LogP) is 3.98. The highest BCUT2D eigenvalue weighted by Gasteiger charge is 2.44. The molecule has 6 heteroatoms. The first-order valence-electron chi connectivity index (χ1n) is 8.08. The Labute approximate surface area is 147 Å². The first-order chi connectivity index (χ1) is 11.1. The van der Waals surface area contributed by atoms with E-state index in [0.29, 0.717) is 30.8 Å². The second-order valence-electron chi connectivity index (χ2n) is 7.36. The SMILES string of the molecule is CC(C)(C)OC(=O)N1CCC[C@@](Cc2ccccc2Cl)(C(=O)O)C1. The van der Waals surface area contributed by atoms with Crippen molar-refractivity contribution in [2.24, 2.45) is 5.41 Å². The van der Waals surface area contributed by atoms with Crippen molar-refractivity contribution >= 4 is 23.7 Å². The van der Waals surface area contributed by atoms with Crippen LogP contribution in [0.2, 0.25) is 5.02 Å². The third kappa shape index (κ3) is 4.41. The van der Waals surface area contributed by atoms with E-state index in [2.05, 4.69) is 0 Å². The molecule has 1 fully saturated rings. The van der Waals surface area contributed by atoms with Crippen LogP contribution in [0.4, 0.5) is 4.79 Å². The molecule has 1 aliphatic heterocycles. The molecule has 0 unspecified atom stereocenters. The Hall–Kier alpha value is -1.75. The molecule has 0 aromatic heterocycles. The van der Waals surface area contributed by atoms with E-state index >= 15 is 0 Å². The zero-order valence-electron chi connectivity index (χ0n) is 14.3. The van der Waals surface area contributed by atoms with Gasteiger partial charge in [-0.1, -0.05) is 29.8 Å². The molecular weight excluding hydrogens is 330 g/mol. The highest BCUT2D eigenvalue weighted by atomic mass is 35.5. The van der Waals surface area contributed by atoms with Crippen LogP contribution < -0.4 is 0 Å². The van der Waals surface area contributed by atoms with E-state index in [1.165, 1.54) is 4.90 Å². The molecule has 132 valence electrons. The fourth-order valence-electron chi connectivity index (χ4n) is 3.01. The number of carbonyl (C=O) groups is 2. The molecule has 0 aliphatic carbocycles. The van der Waals surface area contributed by atoms with Crippen LogP contribution >= 0.6 is 11.6 Å².